The summed E-state index contributed by atoms with van der Waals surface area (Å²) in [6.07, 6.45) is 1.07. The molecule has 7 nitrogen and oxygen atoms in total. The van der Waals surface area contributed by atoms with Gasteiger partial charge in [0.15, 0.2) is 0 Å². The first kappa shape index (κ1) is 17.9. The topological polar surface area (TPSA) is 95.9 Å². The van der Waals surface area contributed by atoms with Gasteiger partial charge in [-0.1, -0.05) is 6.07 Å². The van der Waals surface area contributed by atoms with Crippen LogP contribution in [0.5, 0.6) is 0 Å². The Morgan fingerprint density at radius 2 is 2.17 bits per heavy atom. The summed E-state index contributed by atoms with van der Waals surface area (Å²) in [6, 6.07) is 6.77. The maximum Gasteiger partial charge on any atom is 0.305 e. The van der Waals surface area contributed by atoms with Gasteiger partial charge in [0.25, 0.3) is 5.91 Å². The summed E-state index contributed by atoms with van der Waals surface area (Å²) in [4.78, 5) is 37.0. The van der Waals surface area contributed by atoms with Crippen molar-refractivity contribution in [2.45, 2.75) is 31.7 Å². The molecule has 130 valence electrons. The number of methoxy groups -OCH3 is 1. The zero-order valence-electron chi connectivity index (χ0n) is 13.9. The van der Waals surface area contributed by atoms with Crippen LogP contribution in [-0.4, -0.2) is 48.7 Å². The highest BCUT2D eigenvalue weighted by Gasteiger charge is 2.30. The molecule has 1 heterocycles. The fraction of sp³-hybridized carbons (Fsp3) is 0.471. The van der Waals surface area contributed by atoms with E-state index in [1.807, 2.05) is 0 Å². The van der Waals surface area contributed by atoms with Gasteiger partial charge in [-0.15, -0.1) is 0 Å². The van der Waals surface area contributed by atoms with Crippen molar-refractivity contribution in [2.24, 2.45) is 0 Å². The van der Waals surface area contributed by atoms with E-state index in [1.54, 1.807) is 36.1 Å². The number of anilines is 1. The molecule has 1 aliphatic rings. The first-order valence-corrected chi connectivity index (χ1v) is 7.78. The smallest absolute Gasteiger partial charge is 0.305 e. The van der Waals surface area contributed by atoms with Gasteiger partial charge in [-0.05, 0) is 31.5 Å². The van der Waals surface area contributed by atoms with Gasteiger partial charge in [-0.25, -0.2) is 0 Å². The summed E-state index contributed by atoms with van der Waals surface area (Å²) in [7, 11) is 1.45. The number of aliphatic carboxylic acids is 1. The van der Waals surface area contributed by atoms with Crippen molar-refractivity contribution in [1.82, 2.24) is 5.32 Å². The van der Waals surface area contributed by atoms with Crippen molar-refractivity contribution in [3.8, 4) is 0 Å². The van der Waals surface area contributed by atoms with Crippen molar-refractivity contribution >= 4 is 23.5 Å². The lowest BCUT2D eigenvalue weighted by molar-refractivity contribution is -0.139. The molecule has 1 fully saturated rings. The first-order chi connectivity index (χ1) is 11.3. The van der Waals surface area contributed by atoms with Crippen LogP contribution >= 0.6 is 0 Å². The molecule has 0 bridgehead atoms. The Bertz CT molecular complexity index is 646. The summed E-state index contributed by atoms with van der Waals surface area (Å²) in [5.41, 5.74) is 0.0358. The zero-order valence-corrected chi connectivity index (χ0v) is 13.9. The summed E-state index contributed by atoms with van der Waals surface area (Å²) in [5, 5.41) is 11.7. The molecule has 2 amide bonds. The number of nitrogens with zero attached hydrogens (tertiary/aromatic N) is 1. The molecule has 1 saturated heterocycles. The molecule has 1 aliphatic heterocycles. The third kappa shape index (κ3) is 4.32. The summed E-state index contributed by atoms with van der Waals surface area (Å²) < 4.78 is 5.03. The minimum absolute atomic E-state index is 0.0441. The van der Waals surface area contributed by atoms with Crippen molar-refractivity contribution in [3.05, 3.63) is 29.8 Å². The Balaban J connectivity index is 2.16. The van der Waals surface area contributed by atoms with E-state index < -0.39 is 17.4 Å². The lowest BCUT2D eigenvalue weighted by atomic mass is 9.98. The monoisotopic (exact) mass is 334 g/mol. The van der Waals surface area contributed by atoms with Crippen molar-refractivity contribution in [3.63, 3.8) is 0 Å². The molecule has 7 heteroatoms. The Morgan fingerprint density at radius 1 is 1.42 bits per heavy atom. The number of carbonyl (C=O) groups is 3. The highest BCUT2D eigenvalue weighted by atomic mass is 16.5. The Kier molecular flexibility index (Phi) is 5.56. The van der Waals surface area contributed by atoms with E-state index in [9.17, 15) is 14.4 Å². The van der Waals surface area contributed by atoms with Crippen molar-refractivity contribution < 1.29 is 24.2 Å². The van der Waals surface area contributed by atoms with Gasteiger partial charge in [-0.3, -0.25) is 14.4 Å². The Morgan fingerprint density at radius 3 is 2.75 bits per heavy atom. The van der Waals surface area contributed by atoms with Gasteiger partial charge in [0, 0.05) is 31.3 Å². The molecular formula is C17H22N2O5. The highest BCUT2D eigenvalue weighted by molar-refractivity contribution is 5.99. The van der Waals surface area contributed by atoms with Crippen LogP contribution in [0.4, 0.5) is 5.69 Å². The van der Waals surface area contributed by atoms with E-state index in [1.165, 1.54) is 7.11 Å². The SMILES string of the molecule is COCC(C)(CC(=O)O)NC(=O)c1cccc(N2CCCC2=O)c1. The number of nitrogens with one attached hydrogen (secondary N) is 1. The van der Waals surface area contributed by atoms with Crippen LogP contribution in [0.3, 0.4) is 0 Å². The quantitative estimate of drug-likeness (QED) is 0.786. The summed E-state index contributed by atoms with van der Waals surface area (Å²) in [6.45, 7) is 2.34. The third-order valence-electron chi connectivity index (χ3n) is 3.91. The first-order valence-electron chi connectivity index (χ1n) is 7.78. The van der Waals surface area contributed by atoms with Crippen LogP contribution in [0, 0.1) is 0 Å². The number of hydrogen-bond acceptors (Lipinski definition) is 4. The van der Waals surface area contributed by atoms with Crippen LogP contribution in [-0.2, 0) is 14.3 Å². The molecule has 0 radical (unpaired) electrons. The molecule has 1 aromatic carbocycles. The van der Waals surface area contributed by atoms with Crippen LogP contribution in [0.1, 0.15) is 36.5 Å². The van der Waals surface area contributed by atoms with Crippen LogP contribution < -0.4 is 10.2 Å². The van der Waals surface area contributed by atoms with Gasteiger partial charge in [-0.2, -0.15) is 0 Å². The largest absolute Gasteiger partial charge is 0.481 e. The number of ether oxygens (including phenoxy) is 1. The second-order valence-corrected chi connectivity index (χ2v) is 6.22. The lowest BCUT2D eigenvalue weighted by Gasteiger charge is -2.28. The van der Waals surface area contributed by atoms with E-state index >= 15 is 0 Å². The number of amides is 2. The molecule has 0 aliphatic carbocycles. The minimum atomic E-state index is -1.02. The Hall–Kier alpha value is -2.41. The van der Waals surface area contributed by atoms with E-state index in [0.717, 1.165) is 6.42 Å². The molecular weight excluding hydrogens is 312 g/mol. The van der Waals surface area contributed by atoms with Crippen LogP contribution in [0.2, 0.25) is 0 Å². The molecule has 1 aromatic rings. The number of carboxylic acids is 1. The van der Waals surface area contributed by atoms with E-state index in [4.69, 9.17) is 9.84 Å². The van der Waals surface area contributed by atoms with E-state index in [2.05, 4.69) is 5.32 Å². The highest BCUT2D eigenvalue weighted by Crippen LogP contribution is 2.22. The predicted octanol–water partition coefficient (Wildman–Crippen LogP) is 1.42. The summed E-state index contributed by atoms with van der Waals surface area (Å²) in [5.74, 6) is -1.38. The number of carbonyl (C=O) groups excluding carboxylic acids is 2. The third-order valence-corrected chi connectivity index (χ3v) is 3.91. The maximum atomic E-state index is 12.5. The zero-order chi connectivity index (χ0) is 17.7. The van der Waals surface area contributed by atoms with Gasteiger partial charge < -0.3 is 20.1 Å². The van der Waals surface area contributed by atoms with Gasteiger partial charge >= 0.3 is 5.97 Å². The average Bonchev–Trinajstić information content (AvgIpc) is 2.92. The summed E-state index contributed by atoms with van der Waals surface area (Å²) >= 11 is 0. The fourth-order valence-corrected chi connectivity index (χ4v) is 2.87. The average molecular weight is 334 g/mol. The number of rotatable bonds is 7. The second kappa shape index (κ2) is 7.44. The molecule has 0 spiro atoms. The normalized spacial score (nSPS) is 16.8. The van der Waals surface area contributed by atoms with Crippen LogP contribution in [0.15, 0.2) is 24.3 Å². The van der Waals surface area contributed by atoms with Crippen molar-refractivity contribution in [2.75, 3.05) is 25.2 Å². The molecule has 2 N–H and O–H groups in total. The lowest BCUT2D eigenvalue weighted by Crippen LogP contribution is -2.50. The molecule has 2 rings (SSSR count). The van der Waals surface area contributed by atoms with Gasteiger partial charge in [0.2, 0.25) is 5.91 Å². The molecule has 0 saturated carbocycles. The van der Waals surface area contributed by atoms with Crippen LogP contribution in [0.25, 0.3) is 0 Å². The second-order valence-electron chi connectivity index (χ2n) is 6.22. The number of carboxylic acid groups (broad SMARTS) is 1. The fourth-order valence-electron chi connectivity index (χ4n) is 2.87. The molecule has 0 aromatic heterocycles. The molecule has 1 unspecified atom stereocenters. The van der Waals surface area contributed by atoms with Gasteiger partial charge in [0.05, 0.1) is 18.6 Å². The Labute approximate surface area is 140 Å². The maximum absolute atomic E-state index is 12.5. The number of benzene rings is 1. The van der Waals surface area contributed by atoms with Crippen molar-refractivity contribution in [1.29, 1.82) is 0 Å². The van der Waals surface area contributed by atoms with Gasteiger partial charge in [0.1, 0.15) is 0 Å². The number of hydrogen-bond donors (Lipinski definition) is 2. The minimum Gasteiger partial charge on any atom is -0.481 e. The van der Waals surface area contributed by atoms with E-state index in [-0.39, 0.29) is 18.9 Å². The molecule has 24 heavy (non-hydrogen) atoms. The standard InChI is InChI=1S/C17H22N2O5/c1-17(11-24-2,10-15(21)22)18-16(23)12-5-3-6-13(9-12)19-8-4-7-14(19)20/h3,5-6,9H,4,7-8,10-11H2,1-2H3,(H,18,23)(H,21,22). The predicted molar refractivity (Wildman–Crippen MR) is 88.0 cm³/mol. The van der Waals surface area contributed by atoms with E-state index in [0.29, 0.717) is 24.2 Å². The molecule has 1 atom stereocenters.